The van der Waals surface area contributed by atoms with Gasteiger partial charge in [0.25, 0.3) is 0 Å². The van der Waals surface area contributed by atoms with Crippen LogP contribution in [0.15, 0.2) is 36.4 Å². The molecular formula is C13H9F2N3. The van der Waals surface area contributed by atoms with Gasteiger partial charge in [0.05, 0.1) is 11.6 Å². The molecule has 0 amide bonds. The number of hydrogen-bond acceptors (Lipinski definition) is 3. The van der Waals surface area contributed by atoms with Crippen molar-refractivity contribution in [2.75, 3.05) is 11.1 Å². The number of anilines is 3. The molecule has 90 valence electrons. The number of nitriles is 1. The molecule has 3 N–H and O–H groups in total. The predicted molar refractivity (Wildman–Crippen MR) is 65.2 cm³/mol. The first kappa shape index (κ1) is 11.9. The number of halogens is 2. The van der Waals surface area contributed by atoms with Crippen LogP contribution >= 0.6 is 0 Å². The number of benzene rings is 2. The van der Waals surface area contributed by atoms with E-state index in [9.17, 15) is 8.78 Å². The Balaban J connectivity index is 2.35. The molecule has 2 aromatic rings. The highest BCUT2D eigenvalue weighted by atomic mass is 19.1. The van der Waals surface area contributed by atoms with Gasteiger partial charge in [0.2, 0.25) is 0 Å². The number of nitrogens with zero attached hydrogens (tertiary/aromatic N) is 1. The van der Waals surface area contributed by atoms with Crippen LogP contribution in [0.1, 0.15) is 5.56 Å². The summed E-state index contributed by atoms with van der Waals surface area (Å²) in [5.41, 5.74) is 6.21. The van der Waals surface area contributed by atoms with Crippen LogP contribution in [-0.2, 0) is 0 Å². The summed E-state index contributed by atoms with van der Waals surface area (Å²) in [6.45, 7) is 0. The summed E-state index contributed by atoms with van der Waals surface area (Å²) >= 11 is 0. The monoisotopic (exact) mass is 245 g/mol. The second kappa shape index (κ2) is 4.72. The van der Waals surface area contributed by atoms with Crippen molar-refractivity contribution in [3.8, 4) is 6.07 Å². The van der Waals surface area contributed by atoms with Crippen LogP contribution in [0.4, 0.5) is 25.8 Å². The van der Waals surface area contributed by atoms with E-state index in [1.807, 2.05) is 0 Å². The average molecular weight is 245 g/mol. The molecule has 0 aliphatic carbocycles. The quantitative estimate of drug-likeness (QED) is 0.799. The fourth-order valence-corrected chi connectivity index (χ4v) is 1.47. The Labute approximate surface area is 102 Å². The molecule has 0 heterocycles. The lowest BCUT2D eigenvalue weighted by molar-refractivity contribution is 0.590. The van der Waals surface area contributed by atoms with Crippen LogP contribution < -0.4 is 11.1 Å². The second-order valence-electron chi connectivity index (χ2n) is 3.67. The first-order valence-electron chi connectivity index (χ1n) is 5.12. The summed E-state index contributed by atoms with van der Waals surface area (Å²) in [6.07, 6.45) is 0. The molecule has 0 aliphatic heterocycles. The molecule has 0 fully saturated rings. The van der Waals surface area contributed by atoms with Gasteiger partial charge < -0.3 is 11.1 Å². The predicted octanol–water partition coefficient (Wildman–Crippen LogP) is 3.16. The highest BCUT2D eigenvalue weighted by Crippen LogP contribution is 2.25. The highest BCUT2D eigenvalue weighted by molar-refractivity contribution is 5.63. The molecule has 0 aliphatic rings. The largest absolute Gasteiger partial charge is 0.399 e. The van der Waals surface area contributed by atoms with E-state index < -0.39 is 11.6 Å². The van der Waals surface area contributed by atoms with Crippen molar-refractivity contribution < 1.29 is 8.78 Å². The normalized spacial score (nSPS) is 9.83. The van der Waals surface area contributed by atoms with Crippen LogP contribution in [0.25, 0.3) is 0 Å². The molecule has 18 heavy (non-hydrogen) atoms. The topological polar surface area (TPSA) is 61.8 Å². The Hall–Kier alpha value is -2.61. The van der Waals surface area contributed by atoms with E-state index in [1.54, 1.807) is 30.3 Å². The maximum atomic E-state index is 13.6. The van der Waals surface area contributed by atoms with Gasteiger partial charge in [-0.1, -0.05) is 0 Å². The van der Waals surface area contributed by atoms with E-state index in [1.165, 1.54) is 0 Å². The molecule has 0 spiro atoms. The van der Waals surface area contributed by atoms with Gasteiger partial charge in [-0.05, 0) is 36.4 Å². The van der Waals surface area contributed by atoms with Crippen LogP contribution in [0, 0.1) is 23.0 Å². The van der Waals surface area contributed by atoms with E-state index in [2.05, 4.69) is 5.32 Å². The molecule has 0 atom stereocenters. The van der Waals surface area contributed by atoms with Crippen molar-refractivity contribution in [3.63, 3.8) is 0 Å². The molecule has 2 rings (SSSR count). The smallest absolute Gasteiger partial charge is 0.150 e. The summed E-state index contributed by atoms with van der Waals surface area (Å²) in [5.74, 6) is -1.63. The van der Waals surface area contributed by atoms with Gasteiger partial charge >= 0.3 is 0 Å². The van der Waals surface area contributed by atoms with Crippen LogP contribution in [0.3, 0.4) is 0 Å². The fraction of sp³-hybridized carbons (Fsp3) is 0. The summed E-state index contributed by atoms with van der Waals surface area (Å²) in [7, 11) is 0. The third-order valence-electron chi connectivity index (χ3n) is 2.35. The lowest BCUT2D eigenvalue weighted by Crippen LogP contribution is -1.98. The minimum Gasteiger partial charge on any atom is -0.399 e. The van der Waals surface area contributed by atoms with E-state index in [0.29, 0.717) is 11.4 Å². The maximum absolute atomic E-state index is 13.6. The van der Waals surface area contributed by atoms with Gasteiger partial charge in [-0.25, -0.2) is 8.78 Å². The maximum Gasteiger partial charge on any atom is 0.150 e. The average Bonchev–Trinajstić information content (AvgIpc) is 2.35. The number of nitrogen functional groups attached to an aromatic ring is 1. The van der Waals surface area contributed by atoms with Crippen molar-refractivity contribution in [2.45, 2.75) is 0 Å². The van der Waals surface area contributed by atoms with Gasteiger partial charge in [0.15, 0.2) is 11.6 Å². The third kappa shape index (κ3) is 2.38. The highest BCUT2D eigenvalue weighted by Gasteiger charge is 2.11. The molecule has 2 aromatic carbocycles. The number of nitrogens with one attached hydrogen (secondary N) is 1. The molecule has 0 bridgehead atoms. The summed E-state index contributed by atoms with van der Waals surface area (Å²) in [4.78, 5) is 0. The zero-order valence-corrected chi connectivity index (χ0v) is 9.24. The lowest BCUT2D eigenvalue weighted by atomic mass is 10.2. The summed E-state index contributed by atoms with van der Waals surface area (Å²) in [6, 6.07) is 10.1. The van der Waals surface area contributed by atoms with Crippen molar-refractivity contribution >= 4 is 17.1 Å². The molecule has 0 unspecified atom stereocenters. The summed E-state index contributed by atoms with van der Waals surface area (Å²) < 4.78 is 27.2. The fourth-order valence-electron chi connectivity index (χ4n) is 1.47. The molecule has 0 aromatic heterocycles. The first-order valence-corrected chi connectivity index (χ1v) is 5.12. The Morgan fingerprint density at radius 3 is 2.11 bits per heavy atom. The zero-order chi connectivity index (χ0) is 13.1. The molecule has 3 nitrogen and oxygen atoms in total. The molecular weight excluding hydrogens is 236 g/mol. The van der Waals surface area contributed by atoms with Gasteiger partial charge in [-0.15, -0.1) is 0 Å². The SMILES string of the molecule is N#Cc1cc(F)c(Nc2ccc(N)cc2)c(F)c1. The van der Waals surface area contributed by atoms with E-state index in [-0.39, 0.29) is 11.3 Å². The van der Waals surface area contributed by atoms with Crippen LogP contribution in [0.2, 0.25) is 0 Å². The van der Waals surface area contributed by atoms with Crippen LogP contribution in [0.5, 0.6) is 0 Å². The van der Waals surface area contributed by atoms with Gasteiger partial charge in [0.1, 0.15) is 5.69 Å². The Morgan fingerprint density at radius 2 is 1.61 bits per heavy atom. The first-order chi connectivity index (χ1) is 8.60. The molecule has 5 heteroatoms. The van der Waals surface area contributed by atoms with Crippen molar-refractivity contribution in [1.29, 1.82) is 5.26 Å². The number of rotatable bonds is 2. The van der Waals surface area contributed by atoms with E-state index in [0.717, 1.165) is 12.1 Å². The zero-order valence-electron chi connectivity index (χ0n) is 9.24. The van der Waals surface area contributed by atoms with E-state index >= 15 is 0 Å². The standard InChI is InChI=1S/C13H9F2N3/c14-11-5-8(7-16)6-12(15)13(11)18-10-3-1-9(17)2-4-10/h1-6,18H,17H2. The van der Waals surface area contributed by atoms with Crippen LogP contribution in [-0.4, -0.2) is 0 Å². The Morgan fingerprint density at radius 1 is 1.06 bits per heavy atom. The number of hydrogen-bond donors (Lipinski definition) is 2. The lowest BCUT2D eigenvalue weighted by Gasteiger charge is -2.09. The Kier molecular flexibility index (Phi) is 3.11. The van der Waals surface area contributed by atoms with Crippen molar-refractivity contribution in [2.24, 2.45) is 0 Å². The third-order valence-corrected chi connectivity index (χ3v) is 2.35. The number of nitrogens with two attached hydrogens (primary N) is 1. The Bertz CT molecular complexity index is 592. The van der Waals surface area contributed by atoms with Crippen molar-refractivity contribution in [3.05, 3.63) is 53.6 Å². The molecule has 0 saturated heterocycles. The minimum absolute atomic E-state index is 0.0622. The van der Waals surface area contributed by atoms with Gasteiger partial charge in [-0.2, -0.15) is 5.26 Å². The summed E-state index contributed by atoms with van der Waals surface area (Å²) in [5, 5.41) is 11.2. The van der Waals surface area contributed by atoms with Crippen molar-refractivity contribution in [1.82, 2.24) is 0 Å². The van der Waals surface area contributed by atoms with Gasteiger partial charge in [0, 0.05) is 11.4 Å². The van der Waals surface area contributed by atoms with E-state index in [4.69, 9.17) is 11.0 Å². The van der Waals surface area contributed by atoms with Gasteiger partial charge in [-0.3, -0.25) is 0 Å². The molecule has 0 saturated carbocycles. The molecule has 0 radical (unpaired) electrons. The second-order valence-corrected chi connectivity index (χ2v) is 3.67. The minimum atomic E-state index is -0.816.